The number of hydrogen-bond donors (Lipinski definition) is 0. The third-order valence-corrected chi connectivity index (χ3v) is 9.77. The van der Waals surface area contributed by atoms with Gasteiger partial charge in [0, 0.05) is 19.4 Å². The van der Waals surface area contributed by atoms with E-state index in [1.807, 2.05) is 0 Å². The summed E-state index contributed by atoms with van der Waals surface area (Å²) in [4.78, 5) is 25.3. The zero-order valence-electron chi connectivity index (χ0n) is 38.9. The molecule has 0 aliphatic carbocycles. The summed E-state index contributed by atoms with van der Waals surface area (Å²) in [5.74, 6) is -0.462. The summed E-state index contributed by atoms with van der Waals surface area (Å²) in [5, 5.41) is 0. The van der Waals surface area contributed by atoms with E-state index in [0.29, 0.717) is 19.4 Å². The van der Waals surface area contributed by atoms with Gasteiger partial charge >= 0.3 is 11.9 Å². The Balaban J connectivity index is 4.38. The van der Waals surface area contributed by atoms with Crippen LogP contribution in [0.2, 0.25) is 0 Å². The molecule has 0 spiro atoms. The molecule has 0 saturated heterocycles. The molecule has 1 atom stereocenters. The van der Waals surface area contributed by atoms with Crippen molar-refractivity contribution >= 4 is 11.9 Å². The van der Waals surface area contributed by atoms with Crippen molar-refractivity contribution in [2.75, 3.05) is 19.8 Å². The predicted octanol–water partition coefficient (Wildman–Crippen LogP) is 16.4. The van der Waals surface area contributed by atoms with Gasteiger partial charge in [0.05, 0.1) is 6.61 Å². The van der Waals surface area contributed by atoms with Crippen molar-refractivity contribution in [3.63, 3.8) is 0 Å². The molecule has 0 saturated carbocycles. The topological polar surface area (TPSA) is 61.8 Å². The molecule has 60 heavy (non-hydrogen) atoms. The van der Waals surface area contributed by atoms with E-state index in [9.17, 15) is 9.59 Å². The van der Waals surface area contributed by atoms with Gasteiger partial charge in [-0.2, -0.15) is 0 Å². The maximum absolute atomic E-state index is 12.7. The quantitative estimate of drug-likeness (QED) is 0.0348. The second-order valence-electron chi connectivity index (χ2n) is 15.6. The van der Waals surface area contributed by atoms with E-state index in [4.69, 9.17) is 14.2 Å². The Morgan fingerprint density at radius 3 is 1.22 bits per heavy atom. The third-order valence-electron chi connectivity index (χ3n) is 9.77. The van der Waals surface area contributed by atoms with Crippen molar-refractivity contribution in [2.45, 2.75) is 207 Å². The van der Waals surface area contributed by atoms with Crippen LogP contribution in [0.4, 0.5) is 0 Å². The number of esters is 2. The van der Waals surface area contributed by atoms with Crippen LogP contribution in [-0.4, -0.2) is 37.9 Å². The van der Waals surface area contributed by atoms with Crippen LogP contribution in [-0.2, 0) is 23.8 Å². The summed E-state index contributed by atoms with van der Waals surface area (Å²) in [6.45, 7) is 7.44. The van der Waals surface area contributed by atoms with E-state index in [-0.39, 0.29) is 25.2 Å². The van der Waals surface area contributed by atoms with Crippen molar-refractivity contribution in [1.82, 2.24) is 0 Å². The van der Waals surface area contributed by atoms with Crippen LogP contribution in [0.25, 0.3) is 0 Å². The Morgan fingerprint density at radius 2 is 0.750 bits per heavy atom. The molecule has 0 aromatic carbocycles. The Labute approximate surface area is 370 Å². The zero-order valence-corrected chi connectivity index (χ0v) is 38.9. The van der Waals surface area contributed by atoms with Gasteiger partial charge in [-0.15, -0.1) is 0 Å². The number of hydrogen-bond acceptors (Lipinski definition) is 5. The summed E-state index contributed by atoms with van der Waals surface area (Å²) in [6, 6.07) is 0. The lowest BCUT2D eigenvalue weighted by Crippen LogP contribution is -2.30. The summed E-state index contributed by atoms with van der Waals surface area (Å²) in [5.41, 5.74) is 0. The van der Waals surface area contributed by atoms with Crippen molar-refractivity contribution in [2.24, 2.45) is 0 Å². The Bertz CT molecular complexity index is 1210. The van der Waals surface area contributed by atoms with Gasteiger partial charge in [-0.05, 0) is 116 Å². The molecular formula is C55H90O5. The minimum absolute atomic E-state index is 0.0496. The predicted molar refractivity (Wildman–Crippen MR) is 260 cm³/mol. The molecule has 0 N–H and O–H groups in total. The van der Waals surface area contributed by atoms with Gasteiger partial charge < -0.3 is 14.2 Å². The molecule has 5 nitrogen and oxygen atoms in total. The Kier molecular flexibility index (Phi) is 47.1. The molecule has 0 aliphatic heterocycles. The van der Waals surface area contributed by atoms with Crippen LogP contribution in [0, 0.1) is 0 Å². The van der Waals surface area contributed by atoms with Crippen LogP contribution in [0.3, 0.4) is 0 Å². The molecule has 340 valence electrons. The van der Waals surface area contributed by atoms with Crippen LogP contribution < -0.4 is 0 Å². The number of ether oxygens (including phenoxy) is 3. The number of unbranched alkanes of at least 4 members (excludes halogenated alkanes) is 14. The first kappa shape index (κ1) is 56.6. The third kappa shape index (κ3) is 47.2. The van der Waals surface area contributed by atoms with Crippen LogP contribution >= 0.6 is 0 Å². The van der Waals surface area contributed by atoms with Gasteiger partial charge in [-0.25, -0.2) is 0 Å². The van der Waals surface area contributed by atoms with E-state index >= 15 is 0 Å². The fourth-order valence-corrected chi connectivity index (χ4v) is 6.18. The van der Waals surface area contributed by atoms with Crippen molar-refractivity contribution in [1.29, 1.82) is 0 Å². The summed E-state index contributed by atoms with van der Waals surface area (Å²) in [7, 11) is 0. The van der Waals surface area contributed by atoms with E-state index in [1.165, 1.54) is 32.1 Å². The van der Waals surface area contributed by atoms with Gasteiger partial charge in [0.2, 0.25) is 0 Å². The average Bonchev–Trinajstić information content (AvgIpc) is 3.25. The smallest absolute Gasteiger partial charge is 0.306 e. The molecule has 0 bridgehead atoms. The first-order valence-electron chi connectivity index (χ1n) is 24.4. The molecule has 0 aliphatic rings. The first-order chi connectivity index (χ1) is 29.6. The van der Waals surface area contributed by atoms with E-state index in [1.54, 1.807) is 0 Å². The standard InChI is InChI=1S/C55H90O5/c1-4-7-10-13-16-19-22-24-26-28-29-31-34-36-39-42-45-48-54(56)59-52-53(60-55(57)49-46-43-40-37-33-21-18-15-12-9-6-3)51-58-50-47-44-41-38-35-32-30-27-25-23-20-17-14-11-8-5-2/h7-8,10-11,15-20,24-27,29,31-32,35,53H,4-6,9,12-14,21-23,28,30,33-34,36-52H2,1-3H3/b10-7-,11-8-,18-15-,19-16-,20-17-,26-24-,27-25-,31-29-,35-32-. The second kappa shape index (κ2) is 49.9. The highest BCUT2D eigenvalue weighted by atomic mass is 16.6. The summed E-state index contributed by atoms with van der Waals surface area (Å²) in [6.07, 6.45) is 68.1. The highest BCUT2D eigenvalue weighted by molar-refractivity contribution is 5.70. The Morgan fingerprint density at radius 1 is 0.383 bits per heavy atom. The molecule has 0 heterocycles. The van der Waals surface area contributed by atoms with E-state index in [2.05, 4.69) is 130 Å². The van der Waals surface area contributed by atoms with E-state index in [0.717, 1.165) is 135 Å². The van der Waals surface area contributed by atoms with Crippen LogP contribution in [0.15, 0.2) is 109 Å². The molecule has 0 amide bonds. The monoisotopic (exact) mass is 831 g/mol. The first-order valence-corrected chi connectivity index (χ1v) is 24.4. The fraction of sp³-hybridized carbons (Fsp3) is 0.636. The zero-order chi connectivity index (χ0) is 43.5. The largest absolute Gasteiger partial charge is 0.462 e. The van der Waals surface area contributed by atoms with Gasteiger partial charge in [-0.1, -0.05) is 182 Å². The van der Waals surface area contributed by atoms with Crippen LogP contribution in [0.5, 0.6) is 0 Å². The highest BCUT2D eigenvalue weighted by Crippen LogP contribution is 2.12. The van der Waals surface area contributed by atoms with Gasteiger partial charge in [0.1, 0.15) is 6.61 Å². The van der Waals surface area contributed by atoms with E-state index < -0.39 is 6.10 Å². The number of allylic oxidation sites excluding steroid dienone is 18. The molecule has 1 unspecified atom stereocenters. The molecule has 0 fully saturated rings. The number of carbonyl (C=O) groups excluding carboxylic acids is 2. The van der Waals surface area contributed by atoms with Gasteiger partial charge in [-0.3, -0.25) is 9.59 Å². The molecular weight excluding hydrogens is 741 g/mol. The average molecular weight is 831 g/mol. The van der Waals surface area contributed by atoms with Gasteiger partial charge in [0.15, 0.2) is 6.10 Å². The second-order valence-corrected chi connectivity index (χ2v) is 15.6. The molecule has 0 aromatic heterocycles. The highest BCUT2D eigenvalue weighted by Gasteiger charge is 2.17. The summed E-state index contributed by atoms with van der Waals surface area (Å²) >= 11 is 0. The van der Waals surface area contributed by atoms with Gasteiger partial charge in [0.25, 0.3) is 0 Å². The van der Waals surface area contributed by atoms with Crippen LogP contribution in [0.1, 0.15) is 201 Å². The number of rotatable bonds is 43. The SMILES string of the molecule is CC/C=C\C/C=C\C/C=C\C/C=C\CCCCCCC(=O)OCC(COCCCCC/C=C\C/C=C\C/C=C\C/C=C\CC)OC(=O)CCCCCCC/C=C\CCCC. The lowest BCUT2D eigenvalue weighted by molar-refractivity contribution is -0.163. The fourth-order valence-electron chi connectivity index (χ4n) is 6.18. The van der Waals surface area contributed by atoms with Crippen molar-refractivity contribution in [3.8, 4) is 0 Å². The molecule has 0 radical (unpaired) electrons. The normalized spacial score (nSPS) is 13.2. The maximum atomic E-state index is 12.7. The molecule has 5 heteroatoms. The lowest BCUT2D eigenvalue weighted by Gasteiger charge is -2.18. The van der Waals surface area contributed by atoms with Crippen molar-refractivity contribution < 1.29 is 23.8 Å². The summed E-state index contributed by atoms with van der Waals surface area (Å²) < 4.78 is 17.3. The van der Waals surface area contributed by atoms with Crippen molar-refractivity contribution in [3.05, 3.63) is 109 Å². The molecule has 0 aromatic rings. The number of carbonyl (C=O) groups is 2. The maximum Gasteiger partial charge on any atom is 0.306 e. The Hall–Kier alpha value is -3.44. The minimum atomic E-state index is -0.573. The lowest BCUT2D eigenvalue weighted by atomic mass is 10.1. The molecule has 0 rings (SSSR count). The minimum Gasteiger partial charge on any atom is -0.462 e.